The van der Waals surface area contributed by atoms with Gasteiger partial charge in [0.15, 0.2) is 0 Å². The van der Waals surface area contributed by atoms with Gasteiger partial charge in [-0.2, -0.15) is 19.6 Å². The van der Waals surface area contributed by atoms with Gasteiger partial charge in [-0.25, -0.2) is 0 Å². The van der Waals surface area contributed by atoms with Crippen LogP contribution in [0.2, 0.25) is 5.15 Å². The minimum absolute atomic E-state index is 0.420. The lowest BCUT2D eigenvalue weighted by Crippen LogP contribution is -1.95. The second-order valence-electron chi connectivity index (χ2n) is 3.30. The number of fused-ring (bicyclic) bond motifs is 1. The first-order chi connectivity index (χ1) is 8.33. The number of hydrogen-bond acceptors (Lipinski definition) is 4. The lowest BCUT2D eigenvalue weighted by molar-refractivity contribution is 0.842. The van der Waals surface area contributed by atoms with Crippen LogP contribution >= 0.6 is 23.4 Å². The van der Waals surface area contributed by atoms with Crippen LogP contribution in [0.15, 0.2) is 52.6 Å². The molecule has 1 aromatic carbocycles. The Kier molecular flexibility index (Phi) is 2.70. The first kappa shape index (κ1) is 10.6. The second-order valence-corrected chi connectivity index (χ2v) is 4.79. The van der Waals surface area contributed by atoms with E-state index in [4.69, 9.17) is 11.6 Å². The first-order valence-corrected chi connectivity index (χ1v) is 6.11. The van der Waals surface area contributed by atoms with E-state index in [1.165, 1.54) is 6.33 Å². The summed E-state index contributed by atoms with van der Waals surface area (Å²) in [5.41, 5.74) is 0. The molecule has 0 saturated heterocycles. The van der Waals surface area contributed by atoms with E-state index in [0.29, 0.717) is 10.9 Å². The van der Waals surface area contributed by atoms with Gasteiger partial charge in [0, 0.05) is 11.0 Å². The molecule has 2 heterocycles. The molecule has 3 rings (SSSR count). The highest BCUT2D eigenvalue weighted by Gasteiger charge is 2.07. The lowest BCUT2D eigenvalue weighted by Gasteiger charge is -2.03. The average molecular weight is 263 g/mol. The lowest BCUT2D eigenvalue weighted by atomic mass is 10.4. The molecule has 0 aliphatic heterocycles. The van der Waals surface area contributed by atoms with E-state index < -0.39 is 0 Å². The molecule has 0 saturated carbocycles. The SMILES string of the molecule is Clc1cc(Sc2ccccc2)n2ncnc2n1. The number of halogens is 1. The van der Waals surface area contributed by atoms with E-state index in [9.17, 15) is 0 Å². The molecule has 0 bridgehead atoms. The topological polar surface area (TPSA) is 43.1 Å². The van der Waals surface area contributed by atoms with Crippen LogP contribution in [0.3, 0.4) is 0 Å². The van der Waals surface area contributed by atoms with E-state index in [1.54, 1.807) is 22.3 Å². The number of aromatic nitrogens is 4. The van der Waals surface area contributed by atoms with E-state index in [0.717, 1.165) is 9.92 Å². The Morgan fingerprint density at radius 1 is 1.18 bits per heavy atom. The molecule has 0 fully saturated rings. The van der Waals surface area contributed by atoms with Crippen molar-refractivity contribution >= 4 is 29.1 Å². The Labute approximate surface area is 107 Å². The van der Waals surface area contributed by atoms with Crippen LogP contribution in [-0.2, 0) is 0 Å². The number of nitrogens with zero attached hydrogens (tertiary/aromatic N) is 4. The highest BCUT2D eigenvalue weighted by atomic mass is 35.5. The molecule has 4 nitrogen and oxygen atoms in total. The van der Waals surface area contributed by atoms with Crippen molar-refractivity contribution in [3.8, 4) is 0 Å². The van der Waals surface area contributed by atoms with Gasteiger partial charge in [-0.05, 0) is 12.1 Å². The van der Waals surface area contributed by atoms with Crippen molar-refractivity contribution in [1.82, 2.24) is 19.6 Å². The maximum absolute atomic E-state index is 5.94. The Hall–Kier alpha value is -1.59. The van der Waals surface area contributed by atoms with Crippen molar-refractivity contribution in [3.05, 3.63) is 47.9 Å². The predicted octanol–water partition coefficient (Wildman–Crippen LogP) is 2.93. The van der Waals surface area contributed by atoms with Gasteiger partial charge in [0.1, 0.15) is 16.5 Å². The Morgan fingerprint density at radius 3 is 2.82 bits per heavy atom. The van der Waals surface area contributed by atoms with Crippen LogP contribution in [0.5, 0.6) is 0 Å². The van der Waals surface area contributed by atoms with Gasteiger partial charge >= 0.3 is 0 Å². The molecule has 17 heavy (non-hydrogen) atoms. The molecule has 0 aliphatic carbocycles. The van der Waals surface area contributed by atoms with E-state index >= 15 is 0 Å². The van der Waals surface area contributed by atoms with Crippen molar-refractivity contribution in [2.75, 3.05) is 0 Å². The summed E-state index contributed by atoms with van der Waals surface area (Å²) in [6.07, 6.45) is 1.47. The molecule has 0 amide bonds. The van der Waals surface area contributed by atoms with Crippen LogP contribution in [0.1, 0.15) is 0 Å². The summed E-state index contributed by atoms with van der Waals surface area (Å²) in [4.78, 5) is 9.22. The average Bonchev–Trinajstić information content (AvgIpc) is 2.78. The summed E-state index contributed by atoms with van der Waals surface area (Å²) in [6.45, 7) is 0. The molecular formula is C11H7ClN4S. The summed E-state index contributed by atoms with van der Waals surface area (Å²) in [6, 6.07) is 11.8. The van der Waals surface area contributed by atoms with Gasteiger partial charge in [0.05, 0.1) is 0 Å². The second kappa shape index (κ2) is 4.35. The number of benzene rings is 1. The van der Waals surface area contributed by atoms with Crippen molar-refractivity contribution in [2.24, 2.45) is 0 Å². The van der Waals surface area contributed by atoms with E-state index in [1.807, 2.05) is 30.3 Å². The zero-order valence-electron chi connectivity index (χ0n) is 8.62. The van der Waals surface area contributed by atoms with Crippen molar-refractivity contribution in [1.29, 1.82) is 0 Å². The van der Waals surface area contributed by atoms with Gasteiger partial charge < -0.3 is 0 Å². The quantitative estimate of drug-likeness (QED) is 0.666. The zero-order valence-corrected chi connectivity index (χ0v) is 10.2. The highest BCUT2D eigenvalue weighted by molar-refractivity contribution is 7.99. The fraction of sp³-hybridized carbons (Fsp3) is 0. The molecule has 3 aromatic rings. The third kappa shape index (κ3) is 2.11. The fourth-order valence-electron chi connectivity index (χ4n) is 1.44. The van der Waals surface area contributed by atoms with Gasteiger partial charge in [-0.15, -0.1) is 0 Å². The normalized spacial score (nSPS) is 10.9. The third-order valence-corrected chi connectivity index (χ3v) is 3.35. The first-order valence-electron chi connectivity index (χ1n) is 4.92. The summed E-state index contributed by atoms with van der Waals surface area (Å²) >= 11 is 7.51. The highest BCUT2D eigenvalue weighted by Crippen LogP contribution is 2.28. The summed E-state index contributed by atoms with van der Waals surface area (Å²) < 4.78 is 1.67. The molecule has 84 valence electrons. The van der Waals surface area contributed by atoms with Crippen molar-refractivity contribution in [3.63, 3.8) is 0 Å². The maximum atomic E-state index is 5.94. The van der Waals surface area contributed by atoms with Crippen LogP contribution < -0.4 is 0 Å². The predicted molar refractivity (Wildman–Crippen MR) is 66.4 cm³/mol. The van der Waals surface area contributed by atoms with Crippen LogP contribution in [0.4, 0.5) is 0 Å². The number of rotatable bonds is 2. The summed E-state index contributed by atoms with van der Waals surface area (Å²) in [5.74, 6) is 0.510. The van der Waals surface area contributed by atoms with Crippen LogP contribution in [0.25, 0.3) is 5.78 Å². The Morgan fingerprint density at radius 2 is 2.00 bits per heavy atom. The van der Waals surface area contributed by atoms with Gasteiger partial charge in [-0.3, -0.25) is 0 Å². The molecule has 0 aliphatic rings. The van der Waals surface area contributed by atoms with Gasteiger partial charge in [-0.1, -0.05) is 41.6 Å². The number of hydrogen-bond donors (Lipinski definition) is 0. The van der Waals surface area contributed by atoms with Gasteiger partial charge in [0.25, 0.3) is 5.78 Å². The molecule has 0 radical (unpaired) electrons. The van der Waals surface area contributed by atoms with E-state index in [-0.39, 0.29) is 0 Å². The largest absolute Gasteiger partial charge is 0.254 e. The molecular weight excluding hydrogens is 256 g/mol. The molecule has 6 heteroatoms. The third-order valence-electron chi connectivity index (χ3n) is 2.15. The van der Waals surface area contributed by atoms with E-state index in [2.05, 4.69) is 15.1 Å². The van der Waals surface area contributed by atoms with Crippen molar-refractivity contribution < 1.29 is 0 Å². The monoisotopic (exact) mass is 262 g/mol. The standard InChI is InChI=1S/C11H7ClN4S/c12-9-6-10(16-11(15-9)13-7-14-16)17-8-4-2-1-3-5-8/h1-7H. The summed E-state index contributed by atoms with van der Waals surface area (Å²) in [7, 11) is 0. The molecule has 0 atom stereocenters. The Bertz CT molecular complexity index is 653. The molecule has 2 aromatic heterocycles. The molecule has 0 unspecified atom stereocenters. The Balaban J connectivity index is 2.08. The fourth-order valence-corrected chi connectivity index (χ4v) is 2.60. The molecule has 0 spiro atoms. The van der Waals surface area contributed by atoms with Gasteiger partial charge in [0.2, 0.25) is 0 Å². The van der Waals surface area contributed by atoms with Crippen molar-refractivity contribution in [2.45, 2.75) is 9.92 Å². The van der Waals surface area contributed by atoms with Crippen LogP contribution in [0, 0.1) is 0 Å². The minimum atomic E-state index is 0.420. The minimum Gasteiger partial charge on any atom is -0.199 e. The van der Waals surface area contributed by atoms with Crippen LogP contribution in [-0.4, -0.2) is 19.6 Å². The molecule has 0 N–H and O–H groups in total. The maximum Gasteiger partial charge on any atom is 0.254 e. The smallest absolute Gasteiger partial charge is 0.199 e. The summed E-state index contributed by atoms with van der Waals surface area (Å²) in [5, 5.41) is 5.43. The zero-order chi connectivity index (χ0) is 11.7.